The molecule has 122 valence electrons. The summed E-state index contributed by atoms with van der Waals surface area (Å²) in [5, 5.41) is 13.2. The SMILES string of the molecule is CCC1(C)CC1C(=O)NC(Cc1c[nH]c2ccccc12)C(=O)O. The number of aliphatic carboxylic acids is 1. The van der Waals surface area contributed by atoms with Gasteiger partial charge in [0, 0.05) is 29.4 Å². The number of hydrogen-bond donors (Lipinski definition) is 3. The van der Waals surface area contributed by atoms with Crippen molar-refractivity contribution in [2.24, 2.45) is 11.3 Å². The molecule has 23 heavy (non-hydrogen) atoms. The van der Waals surface area contributed by atoms with Crippen molar-refractivity contribution in [2.75, 3.05) is 0 Å². The van der Waals surface area contributed by atoms with Gasteiger partial charge in [-0.1, -0.05) is 32.0 Å². The number of benzene rings is 1. The summed E-state index contributed by atoms with van der Waals surface area (Å²) >= 11 is 0. The first-order valence-electron chi connectivity index (χ1n) is 8.03. The molecule has 0 saturated heterocycles. The smallest absolute Gasteiger partial charge is 0.326 e. The largest absolute Gasteiger partial charge is 0.480 e. The molecule has 1 saturated carbocycles. The molecule has 0 spiro atoms. The van der Waals surface area contributed by atoms with Crippen molar-refractivity contribution in [3.8, 4) is 0 Å². The van der Waals surface area contributed by atoms with E-state index in [1.165, 1.54) is 0 Å². The molecule has 3 atom stereocenters. The average Bonchev–Trinajstić information content (AvgIpc) is 3.07. The van der Waals surface area contributed by atoms with E-state index in [1.807, 2.05) is 30.5 Å². The molecular weight excluding hydrogens is 292 g/mol. The predicted octanol–water partition coefficient (Wildman–Crippen LogP) is 2.72. The van der Waals surface area contributed by atoms with Crippen LogP contribution in [0.4, 0.5) is 0 Å². The molecule has 5 heteroatoms. The first kappa shape index (κ1) is 15.6. The van der Waals surface area contributed by atoms with Crippen LogP contribution < -0.4 is 5.32 Å². The lowest BCUT2D eigenvalue weighted by Crippen LogP contribution is -2.43. The Bertz CT molecular complexity index is 752. The minimum absolute atomic E-state index is 0.0356. The van der Waals surface area contributed by atoms with Crippen LogP contribution in [0.15, 0.2) is 30.5 Å². The van der Waals surface area contributed by atoms with Crippen molar-refractivity contribution in [1.82, 2.24) is 10.3 Å². The van der Waals surface area contributed by atoms with Gasteiger partial charge in [0.1, 0.15) is 6.04 Å². The Morgan fingerprint density at radius 3 is 2.83 bits per heavy atom. The number of nitrogens with one attached hydrogen (secondary N) is 2. The van der Waals surface area contributed by atoms with E-state index in [0.29, 0.717) is 0 Å². The number of carbonyl (C=O) groups is 2. The number of rotatable bonds is 6. The molecule has 1 aliphatic rings. The molecule has 1 fully saturated rings. The summed E-state index contributed by atoms with van der Waals surface area (Å²) in [7, 11) is 0. The third-order valence-electron chi connectivity index (χ3n) is 5.19. The van der Waals surface area contributed by atoms with Crippen LogP contribution in [0.1, 0.15) is 32.3 Å². The summed E-state index contributed by atoms with van der Waals surface area (Å²) in [6, 6.07) is 6.85. The van der Waals surface area contributed by atoms with Gasteiger partial charge in [-0.05, 0) is 29.9 Å². The second kappa shape index (κ2) is 5.72. The fourth-order valence-corrected chi connectivity index (χ4v) is 3.20. The summed E-state index contributed by atoms with van der Waals surface area (Å²) in [5.74, 6) is -1.19. The molecule has 1 aliphatic carbocycles. The molecule has 2 aromatic rings. The van der Waals surface area contributed by atoms with Gasteiger partial charge in [-0.25, -0.2) is 4.79 Å². The van der Waals surface area contributed by atoms with Crippen LogP contribution in [0.5, 0.6) is 0 Å². The number of aromatic amines is 1. The zero-order chi connectivity index (χ0) is 16.6. The third-order valence-corrected chi connectivity index (χ3v) is 5.19. The minimum atomic E-state index is -0.998. The van der Waals surface area contributed by atoms with E-state index in [-0.39, 0.29) is 23.7 Å². The van der Waals surface area contributed by atoms with Crippen molar-refractivity contribution in [3.63, 3.8) is 0 Å². The van der Waals surface area contributed by atoms with Gasteiger partial charge in [-0.3, -0.25) is 4.79 Å². The molecule has 0 radical (unpaired) electrons. The van der Waals surface area contributed by atoms with Gasteiger partial charge in [0.2, 0.25) is 5.91 Å². The monoisotopic (exact) mass is 314 g/mol. The van der Waals surface area contributed by atoms with Crippen molar-refractivity contribution in [3.05, 3.63) is 36.0 Å². The normalized spacial score (nSPS) is 24.3. The molecule has 0 bridgehead atoms. The number of carboxylic acids is 1. The van der Waals surface area contributed by atoms with Gasteiger partial charge in [0.15, 0.2) is 0 Å². The number of fused-ring (bicyclic) bond motifs is 1. The van der Waals surface area contributed by atoms with E-state index in [0.717, 1.165) is 29.3 Å². The second-order valence-electron chi connectivity index (χ2n) is 6.73. The van der Waals surface area contributed by atoms with Crippen LogP contribution in [-0.2, 0) is 16.0 Å². The number of carboxylic acid groups (broad SMARTS) is 1. The Morgan fingerprint density at radius 1 is 1.43 bits per heavy atom. The van der Waals surface area contributed by atoms with Crippen molar-refractivity contribution >= 4 is 22.8 Å². The first-order valence-corrected chi connectivity index (χ1v) is 8.03. The fourth-order valence-electron chi connectivity index (χ4n) is 3.20. The Morgan fingerprint density at radius 2 is 2.17 bits per heavy atom. The maximum absolute atomic E-state index is 12.3. The number of para-hydroxylation sites is 1. The molecular formula is C18H22N2O3. The molecule has 1 aromatic heterocycles. The Labute approximate surface area is 135 Å². The van der Waals surface area contributed by atoms with Gasteiger partial charge in [-0.2, -0.15) is 0 Å². The fraction of sp³-hybridized carbons (Fsp3) is 0.444. The van der Waals surface area contributed by atoms with Crippen molar-refractivity contribution in [2.45, 2.75) is 39.2 Å². The van der Waals surface area contributed by atoms with Crippen LogP contribution in [0, 0.1) is 11.3 Å². The molecule has 1 aromatic carbocycles. The summed E-state index contributed by atoms with van der Waals surface area (Å²) in [4.78, 5) is 27.0. The van der Waals surface area contributed by atoms with Gasteiger partial charge < -0.3 is 15.4 Å². The van der Waals surface area contributed by atoms with Gasteiger partial charge in [0.25, 0.3) is 0 Å². The standard InChI is InChI=1S/C18H22N2O3/c1-3-18(2)9-13(18)16(21)20-15(17(22)23)8-11-10-19-14-7-5-4-6-12(11)14/h4-7,10,13,15,19H,3,8-9H2,1-2H3,(H,20,21)(H,22,23). The zero-order valence-corrected chi connectivity index (χ0v) is 13.4. The third kappa shape index (κ3) is 2.96. The van der Waals surface area contributed by atoms with E-state index < -0.39 is 12.0 Å². The summed E-state index contributed by atoms with van der Waals surface area (Å²) < 4.78 is 0. The molecule has 3 N–H and O–H groups in total. The highest BCUT2D eigenvalue weighted by Gasteiger charge is 2.53. The topological polar surface area (TPSA) is 82.2 Å². The van der Waals surface area contributed by atoms with Crippen molar-refractivity contribution < 1.29 is 14.7 Å². The summed E-state index contributed by atoms with van der Waals surface area (Å²) in [6.45, 7) is 4.14. The molecule has 0 aliphatic heterocycles. The molecule has 1 heterocycles. The quantitative estimate of drug-likeness (QED) is 0.766. The Balaban J connectivity index is 1.73. The van der Waals surface area contributed by atoms with Crippen LogP contribution in [0.3, 0.4) is 0 Å². The second-order valence-corrected chi connectivity index (χ2v) is 6.73. The Hall–Kier alpha value is -2.30. The lowest BCUT2D eigenvalue weighted by Gasteiger charge is -2.15. The van der Waals surface area contributed by atoms with E-state index in [1.54, 1.807) is 0 Å². The Kier molecular flexibility index (Phi) is 3.88. The van der Waals surface area contributed by atoms with Gasteiger partial charge >= 0.3 is 5.97 Å². The first-order chi connectivity index (χ1) is 10.9. The highest BCUT2D eigenvalue weighted by molar-refractivity contribution is 5.88. The summed E-state index contributed by atoms with van der Waals surface area (Å²) in [6.07, 6.45) is 3.88. The average molecular weight is 314 g/mol. The minimum Gasteiger partial charge on any atom is -0.480 e. The van der Waals surface area contributed by atoms with Crippen LogP contribution >= 0.6 is 0 Å². The van der Waals surface area contributed by atoms with Crippen LogP contribution in [0.2, 0.25) is 0 Å². The number of carbonyl (C=O) groups excluding carboxylic acids is 1. The lowest BCUT2D eigenvalue weighted by molar-refractivity contribution is -0.142. The number of H-pyrrole nitrogens is 1. The maximum Gasteiger partial charge on any atom is 0.326 e. The van der Waals surface area contributed by atoms with E-state index in [4.69, 9.17) is 0 Å². The lowest BCUT2D eigenvalue weighted by atomic mass is 10.0. The molecule has 3 unspecified atom stereocenters. The number of hydrogen-bond acceptors (Lipinski definition) is 2. The highest BCUT2D eigenvalue weighted by Crippen LogP contribution is 2.54. The molecule has 1 amide bonds. The molecule has 5 nitrogen and oxygen atoms in total. The van der Waals surface area contributed by atoms with E-state index >= 15 is 0 Å². The summed E-state index contributed by atoms with van der Waals surface area (Å²) in [5.41, 5.74) is 1.91. The van der Waals surface area contributed by atoms with Crippen LogP contribution in [-0.4, -0.2) is 28.0 Å². The van der Waals surface area contributed by atoms with Gasteiger partial charge in [-0.15, -0.1) is 0 Å². The van der Waals surface area contributed by atoms with Crippen LogP contribution in [0.25, 0.3) is 10.9 Å². The van der Waals surface area contributed by atoms with E-state index in [9.17, 15) is 14.7 Å². The molecule has 3 rings (SSSR count). The van der Waals surface area contributed by atoms with E-state index in [2.05, 4.69) is 24.1 Å². The maximum atomic E-state index is 12.3. The number of amides is 1. The highest BCUT2D eigenvalue weighted by atomic mass is 16.4. The van der Waals surface area contributed by atoms with Crippen molar-refractivity contribution in [1.29, 1.82) is 0 Å². The predicted molar refractivity (Wildman–Crippen MR) is 88.1 cm³/mol. The zero-order valence-electron chi connectivity index (χ0n) is 13.4. The van der Waals surface area contributed by atoms with Gasteiger partial charge in [0.05, 0.1) is 0 Å². The number of aromatic nitrogens is 1.